The van der Waals surface area contributed by atoms with Crippen LogP contribution in [0.4, 0.5) is 0 Å². The predicted molar refractivity (Wildman–Crippen MR) is 156 cm³/mol. The SMILES string of the molecule is Cn1c([C@H](C(=O)NC[C@@H]2CCCO2)N(Cc2ccc3c(c2)OCO3)C(=O)Cn2nnc3ccccc32)nc2ccccc21. The summed E-state index contributed by atoms with van der Waals surface area (Å²) in [5, 5.41) is 11.5. The number of aryl methyl sites for hydroxylation is 1. The molecule has 2 aromatic heterocycles. The van der Waals surface area contributed by atoms with Gasteiger partial charge in [0.2, 0.25) is 12.7 Å². The maximum Gasteiger partial charge on any atom is 0.250 e. The van der Waals surface area contributed by atoms with Gasteiger partial charge in [-0.2, -0.15) is 0 Å². The maximum absolute atomic E-state index is 14.3. The highest BCUT2D eigenvalue weighted by Crippen LogP contribution is 2.34. The van der Waals surface area contributed by atoms with Crippen molar-refractivity contribution < 1.29 is 23.8 Å². The molecule has 3 aromatic carbocycles. The van der Waals surface area contributed by atoms with E-state index >= 15 is 0 Å². The summed E-state index contributed by atoms with van der Waals surface area (Å²) in [7, 11) is 1.86. The number of fused-ring (bicyclic) bond motifs is 3. The number of carbonyl (C=O) groups is 2. The topological polar surface area (TPSA) is 126 Å². The van der Waals surface area contributed by atoms with E-state index in [9.17, 15) is 9.59 Å². The summed E-state index contributed by atoms with van der Waals surface area (Å²) < 4.78 is 20.3. The van der Waals surface area contributed by atoms with Crippen molar-refractivity contribution in [2.24, 2.45) is 7.05 Å². The molecule has 2 aliphatic rings. The standard InChI is InChI=1S/C31H31N7O5/c1-36-24-10-4-2-8-22(24)33-30(36)29(31(40)32-16-21-7-6-14-41-21)37(17-20-12-13-26-27(15-20)43-19-42-26)28(39)18-38-25-11-5-3-9-23(25)34-35-38/h2-5,8-13,15,21,29H,6-7,14,16-19H2,1H3,(H,32,40)/t21-,29+/m0/s1. The van der Waals surface area contributed by atoms with Gasteiger partial charge in [-0.3, -0.25) is 9.59 Å². The van der Waals surface area contributed by atoms with Gasteiger partial charge in [-0.15, -0.1) is 5.10 Å². The third-order valence-corrected chi connectivity index (χ3v) is 7.97. The van der Waals surface area contributed by atoms with Gasteiger partial charge in [-0.05, 0) is 54.8 Å². The zero-order chi connectivity index (χ0) is 29.3. The van der Waals surface area contributed by atoms with Crippen LogP contribution in [0, 0.1) is 0 Å². The minimum Gasteiger partial charge on any atom is -0.454 e. The number of rotatable bonds is 9. The number of imidazole rings is 1. The lowest BCUT2D eigenvalue weighted by atomic mass is 10.1. The Hall–Kier alpha value is -4.97. The first-order chi connectivity index (χ1) is 21.0. The first-order valence-electron chi connectivity index (χ1n) is 14.3. The van der Waals surface area contributed by atoms with Crippen molar-refractivity contribution in [1.29, 1.82) is 0 Å². The number of ether oxygens (including phenoxy) is 3. The van der Waals surface area contributed by atoms with Crippen LogP contribution in [0.15, 0.2) is 66.7 Å². The van der Waals surface area contributed by atoms with Crippen molar-refractivity contribution in [3.8, 4) is 11.5 Å². The molecule has 2 aliphatic heterocycles. The summed E-state index contributed by atoms with van der Waals surface area (Å²) >= 11 is 0. The predicted octanol–water partition coefficient (Wildman–Crippen LogP) is 3.11. The van der Waals surface area contributed by atoms with Crippen molar-refractivity contribution in [3.05, 3.63) is 78.1 Å². The molecule has 12 heteroatoms. The molecule has 0 bridgehead atoms. The molecule has 1 N–H and O–H groups in total. The Bertz CT molecular complexity index is 1810. The van der Waals surface area contributed by atoms with Crippen molar-refractivity contribution in [3.63, 3.8) is 0 Å². The Morgan fingerprint density at radius 1 is 1.02 bits per heavy atom. The second-order valence-corrected chi connectivity index (χ2v) is 10.7. The summed E-state index contributed by atoms with van der Waals surface area (Å²) in [6, 6.07) is 19.6. The molecule has 2 atom stereocenters. The number of carbonyl (C=O) groups excluding carboxylic acids is 2. The second kappa shape index (κ2) is 11.4. The molecule has 5 aromatic rings. The number of nitrogens with one attached hydrogen (secondary N) is 1. The highest BCUT2D eigenvalue weighted by molar-refractivity contribution is 5.90. The van der Waals surface area contributed by atoms with Crippen molar-refractivity contribution in [1.82, 2.24) is 34.8 Å². The monoisotopic (exact) mass is 581 g/mol. The van der Waals surface area contributed by atoms with Crippen LogP contribution in [-0.4, -0.2) is 67.3 Å². The van der Waals surface area contributed by atoms with E-state index in [1.807, 2.05) is 78.3 Å². The third kappa shape index (κ3) is 5.25. The summed E-state index contributed by atoms with van der Waals surface area (Å²) in [6.07, 6.45) is 1.76. The zero-order valence-electron chi connectivity index (χ0n) is 23.7. The fourth-order valence-electron chi connectivity index (χ4n) is 5.74. The van der Waals surface area contributed by atoms with Gasteiger partial charge < -0.3 is 29.0 Å². The molecular weight excluding hydrogens is 550 g/mol. The number of benzene rings is 3. The largest absolute Gasteiger partial charge is 0.454 e. The lowest BCUT2D eigenvalue weighted by Gasteiger charge is -2.31. The van der Waals surface area contributed by atoms with Crippen LogP contribution in [0.25, 0.3) is 22.1 Å². The molecule has 0 aliphatic carbocycles. The van der Waals surface area contributed by atoms with E-state index in [4.69, 9.17) is 19.2 Å². The average Bonchev–Trinajstić information content (AvgIpc) is 3.84. The van der Waals surface area contributed by atoms with E-state index in [1.54, 1.807) is 9.58 Å². The Balaban J connectivity index is 1.29. The van der Waals surface area contributed by atoms with Crippen molar-refractivity contribution in [2.75, 3.05) is 19.9 Å². The van der Waals surface area contributed by atoms with Crippen LogP contribution in [0.1, 0.15) is 30.3 Å². The minimum atomic E-state index is -1.05. The molecule has 43 heavy (non-hydrogen) atoms. The van der Waals surface area contributed by atoms with Crippen molar-refractivity contribution >= 4 is 33.9 Å². The van der Waals surface area contributed by atoms with E-state index in [0.29, 0.717) is 36.0 Å². The molecule has 0 radical (unpaired) electrons. The minimum absolute atomic E-state index is 0.0652. The Kier molecular flexibility index (Phi) is 7.11. The summed E-state index contributed by atoms with van der Waals surface area (Å²) in [6.45, 7) is 1.15. The van der Waals surface area contributed by atoms with Gasteiger partial charge in [0.15, 0.2) is 17.5 Å². The molecule has 220 valence electrons. The molecule has 1 fully saturated rings. The van der Waals surface area contributed by atoms with Crippen LogP contribution >= 0.6 is 0 Å². The van der Waals surface area contributed by atoms with Crippen LogP contribution < -0.4 is 14.8 Å². The summed E-state index contributed by atoms with van der Waals surface area (Å²) in [5.41, 5.74) is 3.76. The Labute approximate surface area is 247 Å². The molecular formula is C31H31N7O5. The number of hydrogen-bond acceptors (Lipinski definition) is 8. The lowest BCUT2D eigenvalue weighted by molar-refractivity contribution is -0.142. The Morgan fingerprint density at radius 3 is 2.63 bits per heavy atom. The smallest absolute Gasteiger partial charge is 0.250 e. The molecule has 2 amide bonds. The molecule has 0 saturated carbocycles. The number of aromatic nitrogens is 5. The number of hydrogen-bond donors (Lipinski definition) is 1. The molecule has 0 unspecified atom stereocenters. The Morgan fingerprint density at radius 2 is 1.81 bits per heavy atom. The number of nitrogens with zero attached hydrogens (tertiary/aromatic N) is 6. The van der Waals surface area contributed by atoms with Gasteiger partial charge in [-0.25, -0.2) is 9.67 Å². The van der Waals surface area contributed by atoms with E-state index in [1.165, 1.54) is 0 Å². The molecule has 1 saturated heterocycles. The van der Waals surface area contributed by atoms with Gasteiger partial charge in [0.05, 0.1) is 22.7 Å². The van der Waals surface area contributed by atoms with Crippen LogP contribution in [0.2, 0.25) is 0 Å². The first-order valence-corrected chi connectivity index (χ1v) is 14.3. The summed E-state index contributed by atoms with van der Waals surface area (Å²) in [4.78, 5) is 34.9. The quantitative estimate of drug-likeness (QED) is 0.282. The molecule has 7 rings (SSSR count). The van der Waals surface area contributed by atoms with Crippen LogP contribution in [0.3, 0.4) is 0 Å². The van der Waals surface area contributed by atoms with E-state index in [2.05, 4.69) is 15.6 Å². The van der Waals surface area contributed by atoms with E-state index in [-0.39, 0.29) is 37.8 Å². The average molecular weight is 582 g/mol. The van der Waals surface area contributed by atoms with Gasteiger partial charge in [-0.1, -0.05) is 35.5 Å². The highest BCUT2D eigenvalue weighted by atomic mass is 16.7. The fraction of sp³-hybridized carbons (Fsp3) is 0.323. The fourth-order valence-corrected chi connectivity index (χ4v) is 5.74. The number of amides is 2. The van der Waals surface area contributed by atoms with Crippen LogP contribution in [0.5, 0.6) is 11.5 Å². The zero-order valence-corrected chi connectivity index (χ0v) is 23.7. The van der Waals surface area contributed by atoms with Crippen LogP contribution in [-0.2, 0) is 34.5 Å². The molecule has 12 nitrogen and oxygen atoms in total. The molecule has 4 heterocycles. The van der Waals surface area contributed by atoms with Gasteiger partial charge in [0.1, 0.15) is 17.9 Å². The normalized spacial score (nSPS) is 16.5. The highest BCUT2D eigenvalue weighted by Gasteiger charge is 2.36. The third-order valence-electron chi connectivity index (χ3n) is 7.97. The molecule has 0 spiro atoms. The van der Waals surface area contributed by atoms with E-state index < -0.39 is 6.04 Å². The second-order valence-electron chi connectivity index (χ2n) is 10.7. The number of para-hydroxylation sites is 3. The first kappa shape index (κ1) is 26.9. The van der Waals surface area contributed by atoms with E-state index in [0.717, 1.165) is 35.0 Å². The van der Waals surface area contributed by atoms with Crippen molar-refractivity contribution in [2.45, 2.75) is 38.1 Å². The van der Waals surface area contributed by atoms with Gasteiger partial charge >= 0.3 is 0 Å². The van der Waals surface area contributed by atoms with Gasteiger partial charge in [0.25, 0.3) is 5.91 Å². The van der Waals surface area contributed by atoms with Gasteiger partial charge in [0, 0.05) is 26.7 Å². The lowest BCUT2D eigenvalue weighted by Crippen LogP contribution is -2.47. The maximum atomic E-state index is 14.3. The summed E-state index contributed by atoms with van der Waals surface area (Å²) in [5.74, 6) is 1.01.